The molecular weight excluding hydrogens is 350 g/mol. The summed E-state index contributed by atoms with van der Waals surface area (Å²) in [6.07, 6.45) is 0.855. The van der Waals surface area contributed by atoms with Crippen molar-refractivity contribution in [2.75, 3.05) is 13.7 Å². The van der Waals surface area contributed by atoms with Crippen LogP contribution in [0, 0.1) is 5.92 Å². The number of ether oxygens (including phenoxy) is 2. The normalized spacial score (nSPS) is 12.0. The molecule has 1 amide bonds. The Hall–Kier alpha value is -3.01. The Labute approximate surface area is 166 Å². The van der Waals surface area contributed by atoms with Gasteiger partial charge >= 0.3 is 0 Å². The van der Waals surface area contributed by atoms with E-state index >= 15 is 0 Å². The van der Waals surface area contributed by atoms with Crippen molar-refractivity contribution in [3.05, 3.63) is 72.3 Å². The lowest BCUT2D eigenvalue weighted by Gasteiger charge is -2.21. The van der Waals surface area contributed by atoms with Crippen LogP contribution in [-0.4, -0.2) is 19.6 Å². The van der Waals surface area contributed by atoms with Gasteiger partial charge in [-0.2, -0.15) is 0 Å². The van der Waals surface area contributed by atoms with Crippen LogP contribution in [-0.2, 0) is 4.79 Å². The largest absolute Gasteiger partial charge is 0.497 e. The molecule has 0 saturated heterocycles. The maximum Gasteiger partial charge on any atom is 0.258 e. The Morgan fingerprint density at radius 3 is 2.29 bits per heavy atom. The van der Waals surface area contributed by atoms with Gasteiger partial charge in [-0.3, -0.25) is 4.79 Å². The van der Waals surface area contributed by atoms with E-state index < -0.39 is 0 Å². The van der Waals surface area contributed by atoms with Gasteiger partial charge in [-0.1, -0.05) is 56.3 Å². The van der Waals surface area contributed by atoms with Crippen LogP contribution < -0.4 is 14.8 Å². The number of hydrogen-bond donors (Lipinski definition) is 1. The number of benzene rings is 3. The molecule has 0 aliphatic carbocycles. The zero-order valence-corrected chi connectivity index (χ0v) is 16.6. The second kappa shape index (κ2) is 9.27. The lowest BCUT2D eigenvalue weighted by atomic mass is 9.97. The van der Waals surface area contributed by atoms with Crippen molar-refractivity contribution in [3.8, 4) is 11.5 Å². The number of hydrogen-bond acceptors (Lipinski definition) is 3. The third kappa shape index (κ3) is 5.26. The summed E-state index contributed by atoms with van der Waals surface area (Å²) in [6.45, 7) is 4.28. The first-order chi connectivity index (χ1) is 13.5. The number of methoxy groups -OCH3 is 1. The van der Waals surface area contributed by atoms with Gasteiger partial charge in [0.05, 0.1) is 13.2 Å². The summed E-state index contributed by atoms with van der Waals surface area (Å²) >= 11 is 0. The number of nitrogens with one attached hydrogen (secondary N) is 1. The minimum absolute atomic E-state index is 0.0108. The molecule has 0 aliphatic rings. The average Bonchev–Trinajstić information content (AvgIpc) is 2.71. The number of carbonyl (C=O) groups excluding carboxylic acids is 1. The summed E-state index contributed by atoms with van der Waals surface area (Å²) in [5.41, 5.74) is 1.06. The lowest BCUT2D eigenvalue weighted by Crippen LogP contribution is -2.33. The molecule has 1 N–H and O–H groups in total. The Morgan fingerprint density at radius 1 is 0.929 bits per heavy atom. The molecule has 0 bridgehead atoms. The molecule has 3 aromatic carbocycles. The van der Waals surface area contributed by atoms with Crippen LogP contribution in [0.25, 0.3) is 10.8 Å². The highest BCUT2D eigenvalue weighted by molar-refractivity contribution is 5.84. The SMILES string of the molecule is COc1ccc([C@@H](CC(C)C)NC(=O)COc2ccc3ccccc3c2)cc1. The van der Waals surface area contributed by atoms with Crippen molar-refractivity contribution < 1.29 is 14.3 Å². The van der Waals surface area contributed by atoms with Crippen molar-refractivity contribution in [2.24, 2.45) is 5.92 Å². The Bertz CT molecular complexity index is 919. The highest BCUT2D eigenvalue weighted by Gasteiger charge is 2.17. The predicted molar refractivity (Wildman–Crippen MR) is 113 cm³/mol. The van der Waals surface area contributed by atoms with E-state index in [1.54, 1.807) is 7.11 Å². The van der Waals surface area contributed by atoms with Gasteiger partial charge in [0.2, 0.25) is 0 Å². The monoisotopic (exact) mass is 377 g/mol. The highest BCUT2D eigenvalue weighted by atomic mass is 16.5. The molecular formula is C24H27NO3. The second-order valence-electron chi connectivity index (χ2n) is 7.32. The maximum atomic E-state index is 12.5. The van der Waals surface area contributed by atoms with E-state index in [0.29, 0.717) is 11.7 Å². The van der Waals surface area contributed by atoms with Crippen LogP contribution in [0.4, 0.5) is 0 Å². The molecule has 0 spiro atoms. The number of fused-ring (bicyclic) bond motifs is 1. The van der Waals surface area contributed by atoms with Gasteiger partial charge in [-0.15, -0.1) is 0 Å². The van der Waals surface area contributed by atoms with Crippen LogP contribution in [0.2, 0.25) is 0 Å². The zero-order valence-electron chi connectivity index (χ0n) is 16.6. The fourth-order valence-corrected chi connectivity index (χ4v) is 3.23. The van der Waals surface area contributed by atoms with E-state index in [-0.39, 0.29) is 18.6 Å². The molecule has 0 fully saturated rings. The first-order valence-corrected chi connectivity index (χ1v) is 9.60. The number of rotatable bonds is 8. The number of amides is 1. The molecule has 0 saturated carbocycles. The predicted octanol–water partition coefficient (Wildman–Crippen LogP) is 5.13. The summed E-state index contributed by atoms with van der Waals surface area (Å²) in [5, 5.41) is 5.35. The van der Waals surface area contributed by atoms with Gasteiger partial charge in [-0.05, 0) is 52.9 Å². The van der Waals surface area contributed by atoms with E-state index in [1.165, 1.54) is 0 Å². The minimum atomic E-state index is -0.130. The van der Waals surface area contributed by atoms with Gasteiger partial charge in [0.1, 0.15) is 11.5 Å². The maximum absolute atomic E-state index is 12.5. The molecule has 0 unspecified atom stereocenters. The van der Waals surface area contributed by atoms with E-state index in [4.69, 9.17) is 9.47 Å². The molecule has 4 heteroatoms. The standard InChI is InChI=1S/C24H27NO3/c1-17(2)14-23(19-9-11-21(27-3)12-10-19)25-24(26)16-28-22-13-8-18-6-4-5-7-20(18)15-22/h4-13,15,17,23H,14,16H2,1-3H3,(H,25,26)/t23-/m1/s1. The lowest BCUT2D eigenvalue weighted by molar-refractivity contribution is -0.124. The quantitative estimate of drug-likeness (QED) is 0.592. The van der Waals surface area contributed by atoms with Crippen molar-refractivity contribution in [2.45, 2.75) is 26.3 Å². The fourth-order valence-electron chi connectivity index (χ4n) is 3.23. The fraction of sp³-hybridized carbons (Fsp3) is 0.292. The topological polar surface area (TPSA) is 47.6 Å². The Kier molecular flexibility index (Phi) is 6.53. The smallest absolute Gasteiger partial charge is 0.258 e. The van der Waals surface area contributed by atoms with Gasteiger partial charge < -0.3 is 14.8 Å². The number of carbonyl (C=O) groups is 1. The third-order valence-electron chi connectivity index (χ3n) is 4.65. The Balaban J connectivity index is 1.63. The van der Waals surface area contributed by atoms with Gasteiger partial charge in [-0.25, -0.2) is 0 Å². The van der Waals surface area contributed by atoms with E-state index in [9.17, 15) is 4.79 Å². The summed E-state index contributed by atoms with van der Waals surface area (Å²) < 4.78 is 10.9. The van der Waals surface area contributed by atoms with Crippen molar-refractivity contribution in [3.63, 3.8) is 0 Å². The van der Waals surface area contributed by atoms with Crippen molar-refractivity contribution in [1.29, 1.82) is 0 Å². The minimum Gasteiger partial charge on any atom is -0.497 e. The van der Waals surface area contributed by atoms with E-state index in [2.05, 4.69) is 25.2 Å². The van der Waals surface area contributed by atoms with E-state index in [1.807, 2.05) is 60.7 Å². The molecule has 0 aromatic heterocycles. The molecule has 0 aliphatic heterocycles. The highest BCUT2D eigenvalue weighted by Crippen LogP contribution is 2.24. The molecule has 4 nitrogen and oxygen atoms in total. The third-order valence-corrected chi connectivity index (χ3v) is 4.65. The zero-order chi connectivity index (χ0) is 19.9. The summed E-state index contributed by atoms with van der Waals surface area (Å²) in [5.74, 6) is 1.82. The molecule has 146 valence electrons. The summed E-state index contributed by atoms with van der Waals surface area (Å²) in [7, 11) is 1.65. The second-order valence-corrected chi connectivity index (χ2v) is 7.32. The van der Waals surface area contributed by atoms with Crippen LogP contribution in [0.15, 0.2) is 66.7 Å². The molecule has 3 aromatic rings. The van der Waals surface area contributed by atoms with Crippen LogP contribution in [0.5, 0.6) is 11.5 Å². The van der Waals surface area contributed by atoms with Crippen LogP contribution >= 0.6 is 0 Å². The van der Waals surface area contributed by atoms with Gasteiger partial charge in [0.15, 0.2) is 6.61 Å². The molecule has 0 heterocycles. The van der Waals surface area contributed by atoms with Crippen LogP contribution in [0.3, 0.4) is 0 Å². The van der Waals surface area contributed by atoms with Crippen molar-refractivity contribution >= 4 is 16.7 Å². The summed E-state index contributed by atoms with van der Waals surface area (Å²) in [6, 6.07) is 21.7. The summed E-state index contributed by atoms with van der Waals surface area (Å²) in [4.78, 5) is 12.5. The average molecular weight is 377 g/mol. The van der Waals surface area contributed by atoms with E-state index in [0.717, 1.165) is 28.5 Å². The molecule has 0 radical (unpaired) electrons. The molecule has 1 atom stereocenters. The first-order valence-electron chi connectivity index (χ1n) is 9.60. The molecule has 28 heavy (non-hydrogen) atoms. The van der Waals surface area contributed by atoms with Gasteiger partial charge in [0.25, 0.3) is 5.91 Å². The van der Waals surface area contributed by atoms with Crippen LogP contribution in [0.1, 0.15) is 31.9 Å². The van der Waals surface area contributed by atoms with Gasteiger partial charge in [0, 0.05) is 0 Å². The molecule has 3 rings (SSSR count). The Morgan fingerprint density at radius 2 is 1.61 bits per heavy atom. The van der Waals surface area contributed by atoms with Crippen molar-refractivity contribution in [1.82, 2.24) is 5.32 Å². The first kappa shape index (κ1) is 19.7.